The summed E-state index contributed by atoms with van der Waals surface area (Å²) in [5.41, 5.74) is -0.380. The summed E-state index contributed by atoms with van der Waals surface area (Å²) in [7, 11) is 0. The van der Waals surface area contributed by atoms with Crippen molar-refractivity contribution < 1.29 is 14.0 Å². The monoisotopic (exact) mass is 294 g/mol. The van der Waals surface area contributed by atoms with Gasteiger partial charge in [0.2, 0.25) is 0 Å². The van der Waals surface area contributed by atoms with Crippen molar-refractivity contribution in [2.45, 2.75) is 51.6 Å². The second-order valence-electron chi connectivity index (χ2n) is 6.45. The minimum absolute atomic E-state index is 0.0463. The Morgan fingerprint density at radius 2 is 1.95 bits per heavy atom. The van der Waals surface area contributed by atoms with Gasteiger partial charge in [-0.25, -0.2) is 4.39 Å². The Bertz CT molecular complexity index is 500. The lowest BCUT2D eigenvalue weighted by atomic mass is 9.88. The van der Waals surface area contributed by atoms with E-state index in [0.29, 0.717) is 6.04 Å². The van der Waals surface area contributed by atoms with Crippen molar-refractivity contribution in [1.29, 1.82) is 0 Å². The number of carbonyl (C=O) groups excluding carboxylic acids is 2. The fourth-order valence-corrected chi connectivity index (χ4v) is 2.78. The van der Waals surface area contributed by atoms with Crippen molar-refractivity contribution in [2.75, 3.05) is 13.1 Å². The van der Waals surface area contributed by atoms with Crippen LogP contribution in [0.3, 0.4) is 0 Å². The molecule has 21 heavy (non-hydrogen) atoms. The van der Waals surface area contributed by atoms with E-state index in [0.717, 1.165) is 32.0 Å². The zero-order chi connectivity index (χ0) is 15.6. The average molecular weight is 294 g/mol. The number of allylic oxidation sites excluding steroid dienone is 3. The van der Waals surface area contributed by atoms with Crippen LogP contribution >= 0.6 is 0 Å². The fraction of sp³-hybridized carbons (Fsp3) is 0.625. The summed E-state index contributed by atoms with van der Waals surface area (Å²) in [5.74, 6) is -1.29. The molecule has 0 aromatic rings. The van der Waals surface area contributed by atoms with Gasteiger partial charge < -0.3 is 10.2 Å². The van der Waals surface area contributed by atoms with Gasteiger partial charge in [0.15, 0.2) is 5.78 Å². The van der Waals surface area contributed by atoms with Crippen molar-refractivity contribution in [3.05, 3.63) is 23.6 Å². The maximum Gasteiger partial charge on any atom is 0.251 e. The summed E-state index contributed by atoms with van der Waals surface area (Å²) in [6.07, 6.45) is 3.76. The van der Waals surface area contributed by atoms with Crippen LogP contribution in [0.25, 0.3) is 0 Å². The number of halogens is 1. The first-order valence-electron chi connectivity index (χ1n) is 7.47. The van der Waals surface area contributed by atoms with Crippen LogP contribution in [-0.4, -0.2) is 41.3 Å². The topological polar surface area (TPSA) is 49.4 Å². The Morgan fingerprint density at radius 3 is 2.52 bits per heavy atom. The molecule has 1 saturated heterocycles. The molecule has 0 bridgehead atoms. The van der Waals surface area contributed by atoms with E-state index in [4.69, 9.17) is 0 Å². The molecule has 1 aliphatic heterocycles. The van der Waals surface area contributed by atoms with Crippen molar-refractivity contribution in [3.8, 4) is 0 Å². The molecule has 1 aliphatic carbocycles. The van der Waals surface area contributed by atoms with E-state index in [2.05, 4.69) is 24.1 Å². The summed E-state index contributed by atoms with van der Waals surface area (Å²) in [6, 6.07) is 0.492. The molecule has 0 aromatic heterocycles. The van der Waals surface area contributed by atoms with Gasteiger partial charge in [-0.15, -0.1) is 0 Å². The summed E-state index contributed by atoms with van der Waals surface area (Å²) < 4.78 is 13.7. The highest BCUT2D eigenvalue weighted by Gasteiger charge is 2.34. The van der Waals surface area contributed by atoms with Crippen LogP contribution in [0.4, 0.5) is 4.39 Å². The Kier molecular flexibility index (Phi) is 4.61. The number of hydrogen-bond donors (Lipinski definition) is 1. The quantitative estimate of drug-likeness (QED) is 0.867. The van der Waals surface area contributed by atoms with Gasteiger partial charge in [0.1, 0.15) is 5.83 Å². The molecule has 116 valence electrons. The van der Waals surface area contributed by atoms with Gasteiger partial charge in [0.25, 0.3) is 5.91 Å². The van der Waals surface area contributed by atoms with Crippen LogP contribution in [0, 0.1) is 0 Å². The summed E-state index contributed by atoms with van der Waals surface area (Å²) in [4.78, 5) is 25.9. The molecule has 1 N–H and O–H groups in total. The minimum Gasteiger partial charge on any atom is -0.347 e. The molecule has 1 heterocycles. The third kappa shape index (κ3) is 3.79. The summed E-state index contributed by atoms with van der Waals surface area (Å²) in [6.45, 7) is 8.12. The van der Waals surface area contributed by atoms with E-state index in [1.807, 2.05) is 6.92 Å². The zero-order valence-corrected chi connectivity index (χ0v) is 12.9. The second kappa shape index (κ2) is 6.10. The first kappa shape index (κ1) is 15.9. The molecule has 4 nitrogen and oxygen atoms in total. The van der Waals surface area contributed by atoms with Crippen molar-refractivity contribution in [3.63, 3.8) is 0 Å². The van der Waals surface area contributed by atoms with E-state index in [9.17, 15) is 14.0 Å². The molecule has 0 radical (unpaired) electrons. The Balaban J connectivity index is 2.00. The van der Waals surface area contributed by atoms with Crippen molar-refractivity contribution in [1.82, 2.24) is 10.2 Å². The van der Waals surface area contributed by atoms with Gasteiger partial charge in [-0.1, -0.05) is 0 Å². The lowest BCUT2D eigenvalue weighted by molar-refractivity contribution is -0.122. The first-order chi connectivity index (χ1) is 9.81. The average Bonchev–Trinajstić information content (AvgIpc) is 2.41. The molecule has 1 fully saturated rings. The lowest BCUT2D eigenvalue weighted by Gasteiger charge is -2.41. The predicted molar refractivity (Wildman–Crippen MR) is 79.4 cm³/mol. The number of hydrogen-bond acceptors (Lipinski definition) is 3. The highest BCUT2D eigenvalue weighted by atomic mass is 19.1. The minimum atomic E-state index is -0.602. The van der Waals surface area contributed by atoms with E-state index in [1.54, 1.807) is 0 Å². The van der Waals surface area contributed by atoms with E-state index in [1.165, 1.54) is 6.08 Å². The summed E-state index contributed by atoms with van der Waals surface area (Å²) in [5, 5.41) is 2.93. The fourth-order valence-electron chi connectivity index (χ4n) is 2.78. The van der Waals surface area contributed by atoms with Gasteiger partial charge in [-0.05, 0) is 45.8 Å². The van der Waals surface area contributed by atoms with Gasteiger partial charge in [0, 0.05) is 31.1 Å². The molecule has 2 rings (SSSR count). The number of nitrogens with zero attached hydrogens (tertiary/aromatic N) is 1. The third-order valence-corrected chi connectivity index (χ3v) is 4.38. The van der Waals surface area contributed by atoms with Crippen molar-refractivity contribution >= 4 is 11.7 Å². The Hall–Kier alpha value is -1.49. The van der Waals surface area contributed by atoms with Gasteiger partial charge in [-0.2, -0.15) is 0 Å². The third-order valence-electron chi connectivity index (χ3n) is 4.38. The van der Waals surface area contributed by atoms with Crippen molar-refractivity contribution in [2.24, 2.45) is 0 Å². The molecule has 5 heteroatoms. The predicted octanol–water partition coefficient (Wildman–Crippen LogP) is 2.12. The SMILES string of the molecule is CC(C)N1CCC(C)(NC(=O)C2=C(F)C=CC(=O)C2)CC1. The number of ketones is 1. The van der Waals surface area contributed by atoms with Crippen LogP contribution in [0.1, 0.15) is 40.0 Å². The van der Waals surface area contributed by atoms with Crippen LogP contribution in [0.15, 0.2) is 23.6 Å². The summed E-state index contributed by atoms with van der Waals surface area (Å²) >= 11 is 0. The first-order valence-corrected chi connectivity index (χ1v) is 7.47. The van der Waals surface area contributed by atoms with Gasteiger partial charge in [0.05, 0.1) is 5.57 Å². The smallest absolute Gasteiger partial charge is 0.251 e. The number of carbonyl (C=O) groups is 2. The van der Waals surface area contributed by atoms with E-state index >= 15 is 0 Å². The number of nitrogens with one attached hydrogen (secondary N) is 1. The maximum absolute atomic E-state index is 13.7. The molecule has 0 saturated carbocycles. The highest BCUT2D eigenvalue weighted by Crippen LogP contribution is 2.25. The van der Waals surface area contributed by atoms with Gasteiger partial charge in [-0.3, -0.25) is 9.59 Å². The zero-order valence-electron chi connectivity index (χ0n) is 12.9. The van der Waals surface area contributed by atoms with Crippen LogP contribution in [0.5, 0.6) is 0 Å². The lowest BCUT2D eigenvalue weighted by Crippen LogP contribution is -2.54. The molecule has 0 atom stereocenters. The number of amides is 1. The van der Waals surface area contributed by atoms with E-state index in [-0.39, 0.29) is 23.3 Å². The molecular formula is C16H23FN2O2. The molecule has 0 spiro atoms. The number of likely N-dealkylation sites (tertiary alicyclic amines) is 1. The number of piperidine rings is 1. The van der Waals surface area contributed by atoms with Crippen LogP contribution in [-0.2, 0) is 9.59 Å². The molecule has 2 aliphatic rings. The normalized spacial score (nSPS) is 22.8. The van der Waals surface area contributed by atoms with Crippen LogP contribution < -0.4 is 5.32 Å². The molecular weight excluding hydrogens is 271 g/mol. The Labute approximate surface area is 125 Å². The standard InChI is InChI=1S/C16H23FN2O2/c1-11(2)19-8-6-16(3,7-9-19)18-15(21)13-10-12(20)4-5-14(13)17/h4-5,11H,6-10H2,1-3H3,(H,18,21). The van der Waals surface area contributed by atoms with E-state index < -0.39 is 11.7 Å². The highest BCUT2D eigenvalue weighted by molar-refractivity contribution is 6.05. The largest absolute Gasteiger partial charge is 0.347 e. The molecule has 1 amide bonds. The van der Waals surface area contributed by atoms with Crippen LogP contribution in [0.2, 0.25) is 0 Å². The maximum atomic E-state index is 13.7. The van der Waals surface area contributed by atoms with Gasteiger partial charge >= 0.3 is 0 Å². The molecule has 0 unspecified atom stereocenters. The Morgan fingerprint density at radius 1 is 1.33 bits per heavy atom. The molecule has 0 aromatic carbocycles. The number of rotatable bonds is 3. The second-order valence-corrected chi connectivity index (χ2v) is 6.45.